The van der Waals surface area contributed by atoms with E-state index >= 15 is 0 Å². The summed E-state index contributed by atoms with van der Waals surface area (Å²) in [6.07, 6.45) is -0.317. The Morgan fingerprint density at radius 1 is 0.710 bits per heavy atom. The van der Waals surface area contributed by atoms with Crippen molar-refractivity contribution in [2.45, 2.75) is 97.9 Å². The van der Waals surface area contributed by atoms with Crippen LogP contribution in [0.1, 0.15) is 82.3 Å². The molecular weight excluding hydrogens is 881 g/mol. The third-order valence-electron chi connectivity index (χ3n) is 10.5. The Balaban J connectivity index is 1.31. The Labute approximate surface area is 400 Å². The van der Waals surface area contributed by atoms with Crippen molar-refractivity contribution < 1.29 is 43.1 Å². The number of hydrogen-bond donors (Lipinski definition) is 2. The van der Waals surface area contributed by atoms with Gasteiger partial charge in [0, 0.05) is 55.8 Å². The number of imide groups is 1. The maximum Gasteiger partial charge on any atom is 0.425 e. The normalized spacial score (nSPS) is 12.2. The zero-order valence-corrected chi connectivity index (χ0v) is 39.6. The number of aromatic nitrogens is 1. The number of pyridine rings is 1. The van der Waals surface area contributed by atoms with Crippen molar-refractivity contribution in [2.75, 3.05) is 10.2 Å². The molecule has 1 heterocycles. The van der Waals surface area contributed by atoms with Gasteiger partial charge in [0.25, 0.3) is 5.69 Å². The Hall–Kier alpha value is -8.14. The van der Waals surface area contributed by atoms with Gasteiger partial charge in [-0.15, -0.1) is 0 Å². The number of rotatable bonds is 16. The van der Waals surface area contributed by atoms with Crippen LogP contribution < -0.4 is 15.5 Å². The molecule has 5 aromatic carbocycles. The van der Waals surface area contributed by atoms with E-state index < -0.39 is 52.3 Å². The summed E-state index contributed by atoms with van der Waals surface area (Å²) < 4.78 is 17.0. The molecule has 69 heavy (non-hydrogen) atoms. The van der Waals surface area contributed by atoms with Crippen LogP contribution in [0.5, 0.6) is 0 Å². The number of benzene rings is 5. The standard InChI is InChI=1S/C53H56N6O10/c1-35(60)57(45(30-36-15-10-8-11-16-36)49(62)67-34-38-17-12-9-13-18-38)33-37-21-23-40(24-22-37)46(48(61)55-32-39-19-14-20-43(29-39)59(65)66)56-42-25-26-44-41(31-42)27-28-54-47(44)58(50(63)68-52(2,3)4)51(64)69-53(5,6)7/h8-29,31,45-46,56H,30,32-34H2,1-7H3,(H,55,61). The fraction of sp³-hybridized carbons (Fsp3) is 0.283. The molecule has 1 aromatic heterocycles. The highest BCUT2D eigenvalue weighted by molar-refractivity contribution is 6.14. The third-order valence-corrected chi connectivity index (χ3v) is 10.5. The lowest BCUT2D eigenvalue weighted by molar-refractivity contribution is -0.384. The number of esters is 1. The van der Waals surface area contributed by atoms with Gasteiger partial charge in [0.1, 0.15) is 29.9 Å². The molecule has 0 fully saturated rings. The van der Waals surface area contributed by atoms with E-state index in [-0.39, 0.29) is 43.5 Å². The number of nitrogens with one attached hydrogen (secondary N) is 2. The van der Waals surface area contributed by atoms with Crippen molar-refractivity contribution in [2.24, 2.45) is 0 Å². The molecule has 0 aliphatic heterocycles. The highest BCUT2D eigenvalue weighted by atomic mass is 16.6. The highest BCUT2D eigenvalue weighted by Gasteiger charge is 2.35. The van der Waals surface area contributed by atoms with Gasteiger partial charge in [-0.05, 0) is 99.0 Å². The summed E-state index contributed by atoms with van der Waals surface area (Å²) in [4.78, 5) is 86.1. The number of carbonyl (C=O) groups excluding carboxylic acids is 5. The first-order valence-electron chi connectivity index (χ1n) is 22.3. The molecule has 0 aliphatic rings. The van der Waals surface area contributed by atoms with Gasteiger partial charge >= 0.3 is 18.2 Å². The summed E-state index contributed by atoms with van der Waals surface area (Å²) in [7, 11) is 0. The lowest BCUT2D eigenvalue weighted by atomic mass is 10.0. The van der Waals surface area contributed by atoms with Crippen molar-refractivity contribution in [3.05, 3.63) is 178 Å². The Bertz CT molecular complexity index is 2760. The second kappa shape index (κ2) is 22.1. The number of nitro groups is 1. The Kier molecular flexibility index (Phi) is 16.1. The number of anilines is 2. The van der Waals surface area contributed by atoms with E-state index in [1.165, 1.54) is 36.2 Å². The summed E-state index contributed by atoms with van der Waals surface area (Å²) in [5.74, 6) is -1.40. The predicted molar refractivity (Wildman–Crippen MR) is 261 cm³/mol. The van der Waals surface area contributed by atoms with Crippen LogP contribution in [0.3, 0.4) is 0 Å². The minimum Gasteiger partial charge on any atom is -0.459 e. The number of non-ortho nitro benzene ring substituents is 1. The smallest absolute Gasteiger partial charge is 0.425 e. The first-order chi connectivity index (χ1) is 32.7. The maximum absolute atomic E-state index is 14.2. The van der Waals surface area contributed by atoms with Gasteiger partial charge in [-0.25, -0.2) is 19.4 Å². The van der Waals surface area contributed by atoms with Gasteiger partial charge in [0.05, 0.1) is 4.92 Å². The van der Waals surface area contributed by atoms with Crippen molar-refractivity contribution in [1.29, 1.82) is 0 Å². The second-order valence-corrected chi connectivity index (χ2v) is 18.3. The van der Waals surface area contributed by atoms with E-state index in [1.807, 2.05) is 60.7 Å². The van der Waals surface area contributed by atoms with Crippen LogP contribution in [0.15, 0.2) is 140 Å². The van der Waals surface area contributed by atoms with Gasteiger partial charge in [-0.3, -0.25) is 19.7 Å². The lowest BCUT2D eigenvalue weighted by Crippen LogP contribution is -2.45. The average molecular weight is 937 g/mol. The molecule has 0 saturated heterocycles. The molecule has 0 aliphatic carbocycles. The zero-order chi connectivity index (χ0) is 49.9. The monoisotopic (exact) mass is 936 g/mol. The Morgan fingerprint density at radius 3 is 1.91 bits per heavy atom. The van der Waals surface area contributed by atoms with Crippen LogP contribution in [0.4, 0.5) is 26.8 Å². The van der Waals surface area contributed by atoms with Crippen LogP contribution in [0.25, 0.3) is 10.8 Å². The minimum atomic E-state index is -1.04. The molecular formula is C53H56N6O10. The van der Waals surface area contributed by atoms with Crippen LogP contribution in [-0.4, -0.2) is 62.0 Å². The van der Waals surface area contributed by atoms with E-state index in [9.17, 15) is 34.1 Å². The molecule has 6 rings (SSSR count). The van der Waals surface area contributed by atoms with Crippen LogP contribution in [-0.2, 0) is 54.7 Å². The quantitative estimate of drug-likeness (QED) is 0.0403. The van der Waals surface area contributed by atoms with E-state index in [2.05, 4.69) is 15.6 Å². The number of carbonyl (C=O) groups is 5. The number of fused-ring (bicyclic) bond motifs is 1. The second-order valence-electron chi connectivity index (χ2n) is 18.3. The van der Waals surface area contributed by atoms with Gasteiger partial charge in [-0.2, -0.15) is 4.90 Å². The predicted octanol–water partition coefficient (Wildman–Crippen LogP) is 9.99. The van der Waals surface area contributed by atoms with Gasteiger partial charge in [0.15, 0.2) is 5.82 Å². The molecule has 0 bridgehead atoms. The maximum atomic E-state index is 14.2. The topological polar surface area (TPSA) is 200 Å². The molecule has 16 heteroatoms. The first-order valence-corrected chi connectivity index (χ1v) is 22.3. The van der Waals surface area contributed by atoms with Crippen LogP contribution in [0, 0.1) is 10.1 Å². The molecule has 358 valence electrons. The van der Waals surface area contributed by atoms with Gasteiger partial charge < -0.3 is 29.7 Å². The first kappa shape index (κ1) is 50.3. The molecule has 6 aromatic rings. The number of hydrogen-bond acceptors (Lipinski definition) is 12. The van der Waals surface area contributed by atoms with E-state index in [1.54, 1.807) is 96.1 Å². The molecule has 0 saturated carbocycles. The number of nitro benzene ring substituents is 1. The lowest BCUT2D eigenvalue weighted by Gasteiger charge is -2.30. The summed E-state index contributed by atoms with van der Waals surface area (Å²) in [6, 6.07) is 36.3. The third kappa shape index (κ3) is 14.2. The molecule has 16 nitrogen and oxygen atoms in total. The average Bonchev–Trinajstić information content (AvgIpc) is 3.30. The van der Waals surface area contributed by atoms with Crippen molar-refractivity contribution in [3.8, 4) is 0 Å². The molecule has 0 radical (unpaired) electrons. The van der Waals surface area contributed by atoms with Crippen molar-refractivity contribution in [3.63, 3.8) is 0 Å². The number of amides is 4. The molecule has 2 unspecified atom stereocenters. The van der Waals surface area contributed by atoms with Crippen molar-refractivity contribution in [1.82, 2.24) is 15.2 Å². The Morgan fingerprint density at radius 2 is 1.32 bits per heavy atom. The van der Waals surface area contributed by atoms with E-state index in [0.717, 1.165) is 16.0 Å². The fourth-order valence-corrected chi connectivity index (χ4v) is 7.27. The summed E-state index contributed by atoms with van der Waals surface area (Å²) in [5.41, 5.74) is 1.80. The van der Waals surface area contributed by atoms with Crippen molar-refractivity contribution >= 4 is 57.9 Å². The molecule has 2 N–H and O–H groups in total. The van der Waals surface area contributed by atoms with Gasteiger partial charge in [-0.1, -0.05) is 97.1 Å². The zero-order valence-electron chi connectivity index (χ0n) is 39.6. The van der Waals surface area contributed by atoms with Crippen LogP contribution in [0.2, 0.25) is 0 Å². The summed E-state index contributed by atoms with van der Waals surface area (Å²) >= 11 is 0. The van der Waals surface area contributed by atoms with E-state index in [4.69, 9.17) is 14.2 Å². The highest BCUT2D eigenvalue weighted by Crippen LogP contribution is 2.32. The SMILES string of the molecule is CC(=O)N(Cc1ccc(C(Nc2ccc3c(N(C(=O)OC(C)(C)C)C(=O)OC(C)(C)C)nccc3c2)C(=O)NCc2cccc([N+](=O)[O-])c2)cc1)C(Cc1ccccc1)C(=O)OCc1ccccc1. The fourth-order valence-electron chi connectivity index (χ4n) is 7.27. The largest absolute Gasteiger partial charge is 0.459 e. The molecule has 4 amide bonds. The number of ether oxygens (including phenoxy) is 3. The summed E-state index contributed by atoms with van der Waals surface area (Å²) in [5, 5.41) is 18.7. The molecule has 2 atom stereocenters. The van der Waals surface area contributed by atoms with Crippen LogP contribution >= 0.6 is 0 Å². The van der Waals surface area contributed by atoms with Gasteiger partial charge in [0.2, 0.25) is 11.8 Å². The number of nitrogens with zero attached hydrogens (tertiary/aromatic N) is 4. The van der Waals surface area contributed by atoms with E-state index in [0.29, 0.717) is 33.2 Å². The summed E-state index contributed by atoms with van der Waals surface area (Å²) in [6.45, 7) is 11.5. The molecule has 0 spiro atoms. The minimum absolute atomic E-state index is 0.0224.